The number of likely N-dealkylation sites (tertiary alicyclic amines) is 2. The van der Waals surface area contributed by atoms with Gasteiger partial charge in [0.05, 0.1) is 5.41 Å². The summed E-state index contributed by atoms with van der Waals surface area (Å²) in [6, 6.07) is 17.9. The van der Waals surface area contributed by atoms with Crippen LogP contribution in [0.2, 0.25) is 0 Å². The molecule has 190 valence electrons. The van der Waals surface area contributed by atoms with Crippen LogP contribution in [0.5, 0.6) is 0 Å². The van der Waals surface area contributed by atoms with Crippen LogP contribution in [0.3, 0.4) is 0 Å². The molecule has 6 nitrogen and oxygen atoms in total. The molecule has 5 rings (SSSR count). The van der Waals surface area contributed by atoms with Gasteiger partial charge in [-0.2, -0.15) is 0 Å². The largest absolute Gasteiger partial charge is 0.346 e. The maximum atomic E-state index is 13.8. The van der Waals surface area contributed by atoms with Gasteiger partial charge in [0.15, 0.2) is 0 Å². The van der Waals surface area contributed by atoms with Gasteiger partial charge < -0.3 is 9.80 Å². The van der Waals surface area contributed by atoms with E-state index in [0.717, 1.165) is 55.6 Å². The Morgan fingerprint density at radius 1 is 0.944 bits per heavy atom. The fourth-order valence-electron chi connectivity index (χ4n) is 5.78. The molecule has 2 heterocycles. The molecular weight excluding hydrogens is 450 g/mol. The maximum Gasteiger partial charge on any atom is 0.241 e. The Hall–Kier alpha value is -2.99. The van der Waals surface area contributed by atoms with Gasteiger partial charge >= 0.3 is 0 Å². The number of amides is 3. The molecule has 2 aromatic carbocycles. The van der Waals surface area contributed by atoms with E-state index in [0.29, 0.717) is 6.54 Å². The van der Waals surface area contributed by atoms with E-state index in [9.17, 15) is 14.4 Å². The van der Waals surface area contributed by atoms with Gasteiger partial charge in [0.25, 0.3) is 0 Å². The lowest BCUT2D eigenvalue weighted by molar-refractivity contribution is -0.143. The summed E-state index contributed by atoms with van der Waals surface area (Å²) >= 11 is 0. The van der Waals surface area contributed by atoms with E-state index >= 15 is 0 Å². The first-order chi connectivity index (χ1) is 17.5. The number of nitrogens with zero attached hydrogens (tertiary/aromatic N) is 3. The van der Waals surface area contributed by atoms with Gasteiger partial charge in [0, 0.05) is 32.5 Å². The Morgan fingerprint density at radius 3 is 2.28 bits per heavy atom. The number of rotatable bonds is 9. The summed E-state index contributed by atoms with van der Waals surface area (Å²) < 4.78 is 0. The lowest BCUT2D eigenvalue weighted by Crippen LogP contribution is -2.43. The molecule has 1 atom stereocenters. The molecule has 0 bridgehead atoms. The van der Waals surface area contributed by atoms with Crippen molar-refractivity contribution in [1.29, 1.82) is 0 Å². The van der Waals surface area contributed by atoms with Crippen LogP contribution in [0.15, 0.2) is 54.6 Å². The fraction of sp³-hybridized carbons (Fsp3) is 0.500. The van der Waals surface area contributed by atoms with E-state index in [1.807, 2.05) is 61.6 Å². The molecule has 0 unspecified atom stereocenters. The average Bonchev–Trinajstić information content (AvgIpc) is 3.70. The van der Waals surface area contributed by atoms with Crippen LogP contribution in [0.25, 0.3) is 11.1 Å². The van der Waals surface area contributed by atoms with Gasteiger partial charge in [-0.3, -0.25) is 19.3 Å². The number of benzene rings is 2. The molecule has 1 aliphatic carbocycles. The monoisotopic (exact) mass is 487 g/mol. The zero-order valence-electron chi connectivity index (χ0n) is 21.3. The molecule has 36 heavy (non-hydrogen) atoms. The summed E-state index contributed by atoms with van der Waals surface area (Å²) in [5.41, 5.74) is 1.79. The third-order valence-corrected chi connectivity index (χ3v) is 8.10. The van der Waals surface area contributed by atoms with Gasteiger partial charge in [-0.05, 0) is 68.4 Å². The van der Waals surface area contributed by atoms with Gasteiger partial charge in [0.2, 0.25) is 17.7 Å². The van der Waals surface area contributed by atoms with Crippen LogP contribution in [0, 0.1) is 0 Å². The number of imide groups is 1. The molecule has 2 aliphatic heterocycles. The minimum Gasteiger partial charge on any atom is -0.346 e. The third kappa shape index (κ3) is 5.10. The van der Waals surface area contributed by atoms with Crippen molar-refractivity contribution in [3.8, 4) is 11.1 Å². The predicted molar refractivity (Wildman–Crippen MR) is 140 cm³/mol. The Morgan fingerprint density at radius 2 is 1.61 bits per heavy atom. The SMILES string of the molecule is CN(CCCN1CCCCC1)C(=O)C[C@@]1(c2ccc(-c3ccccc3)cc2)CC(=O)N(C2CC2)C1=O. The molecule has 3 aliphatic rings. The molecule has 0 aromatic heterocycles. The van der Waals surface area contributed by atoms with Gasteiger partial charge in [0.1, 0.15) is 0 Å². The second-order valence-electron chi connectivity index (χ2n) is 10.8. The molecule has 6 heteroatoms. The zero-order valence-corrected chi connectivity index (χ0v) is 21.3. The predicted octanol–water partition coefficient (Wildman–Crippen LogP) is 4.24. The summed E-state index contributed by atoms with van der Waals surface area (Å²) in [6.07, 6.45) is 6.58. The smallest absolute Gasteiger partial charge is 0.241 e. The summed E-state index contributed by atoms with van der Waals surface area (Å²) in [4.78, 5) is 45.9. The lowest BCUT2D eigenvalue weighted by atomic mass is 9.75. The van der Waals surface area contributed by atoms with Gasteiger partial charge in [-0.1, -0.05) is 61.0 Å². The Labute approximate surface area is 214 Å². The molecule has 0 spiro atoms. The topological polar surface area (TPSA) is 60.9 Å². The fourth-order valence-corrected chi connectivity index (χ4v) is 5.78. The molecule has 2 aromatic rings. The Bertz CT molecular complexity index is 1090. The van der Waals surface area contributed by atoms with Gasteiger partial charge in [-0.15, -0.1) is 0 Å². The minimum absolute atomic E-state index is 0.00726. The van der Waals surface area contributed by atoms with E-state index in [1.54, 1.807) is 4.90 Å². The van der Waals surface area contributed by atoms with Crippen LogP contribution < -0.4 is 0 Å². The highest BCUT2D eigenvalue weighted by Gasteiger charge is 2.57. The molecule has 0 radical (unpaired) electrons. The molecule has 1 saturated carbocycles. The van der Waals surface area contributed by atoms with Crippen molar-refractivity contribution in [3.05, 3.63) is 60.2 Å². The highest BCUT2D eigenvalue weighted by Crippen LogP contribution is 2.44. The third-order valence-electron chi connectivity index (χ3n) is 8.10. The van der Waals surface area contributed by atoms with E-state index < -0.39 is 5.41 Å². The first-order valence-corrected chi connectivity index (χ1v) is 13.5. The molecule has 0 N–H and O–H groups in total. The lowest BCUT2D eigenvalue weighted by Gasteiger charge is -2.30. The first kappa shape index (κ1) is 24.7. The summed E-state index contributed by atoms with van der Waals surface area (Å²) in [6.45, 7) is 3.95. The zero-order chi connectivity index (χ0) is 25.1. The number of hydrogen-bond acceptors (Lipinski definition) is 4. The number of carbonyl (C=O) groups excluding carboxylic acids is 3. The van der Waals surface area contributed by atoms with Crippen LogP contribution in [0.4, 0.5) is 0 Å². The van der Waals surface area contributed by atoms with Crippen molar-refractivity contribution in [2.75, 3.05) is 33.2 Å². The summed E-state index contributed by atoms with van der Waals surface area (Å²) in [5, 5.41) is 0. The number of piperidine rings is 1. The van der Waals surface area contributed by atoms with E-state index in [-0.39, 0.29) is 36.6 Å². The number of carbonyl (C=O) groups is 3. The second-order valence-corrected chi connectivity index (χ2v) is 10.8. The van der Waals surface area contributed by atoms with Crippen molar-refractivity contribution < 1.29 is 14.4 Å². The van der Waals surface area contributed by atoms with Crippen LogP contribution in [-0.4, -0.2) is 71.7 Å². The van der Waals surface area contributed by atoms with Crippen molar-refractivity contribution in [2.45, 2.75) is 62.8 Å². The van der Waals surface area contributed by atoms with E-state index in [1.165, 1.54) is 24.2 Å². The molecular formula is C30H37N3O3. The van der Waals surface area contributed by atoms with E-state index in [2.05, 4.69) is 4.90 Å². The molecule has 2 saturated heterocycles. The van der Waals surface area contributed by atoms with Crippen LogP contribution in [-0.2, 0) is 19.8 Å². The molecule has 3 fully saturated rings. The quantitative estimate of drug-likeness (QED) is 0.497. The maximum absolute atomic E-state index is 13.8. The average molecular weight is 488 g/mol. The van der Waals surface area contributed by atoms with Crippen molar-refractivity contribution in [2.24, 2.45) is 0 Å². The summed E-state index contributed by atoms with van der Waals surface area (Å²) in [7, 11) is 1.82. The number of hydrogen-bond donors (Lipinski definition) is 0. The molecule has 3 amide bonds. The second kappa shape index (κ2) is 10.6. The standard InChI is InChI=1S/C30H37N3O3/c1-31(17-8-20-32-18-6-3-7-19-32)27(34)21-30(22-28(35)33(29(30)36)26-15-16-26)25-13-11-24(12-14-25)23-9-4-2-5-10-23/h2,4-5,9-14,26H,3,6-8,15-22H2,1H3/t30-/m0/s1. The van der Waals surface area contributed by atoms with E-state index in [4.69, 9.17) is 0 Å². The highest BCUT2D eigenvalue weighted by atomic mass is 16.2. The summed E-state index contributed by atoms with van der Waals surface area (Å²) in [5.74, 6) is -0.410. The van der Waals surface area contributed by atoms with Crippen LogP contribution in [0.1, 0.15) is 56.9 Å². The normalized spacial score (nSPS) is 22.8. The minimum atomic E-state index is -1.12. The van der Waals surface area contributed by atoms with Crippen molar-refractivity contribution in [3.63, 3.8) is 0 Å². The Kier molecular flexibility index (Phi) is 7.24. The highest BCUT2D eigenvalue weighted by molar-refractivity contribution is 6.11. The van der Waals surface area contributed by atoms with Crippen LogP contribution >= 0.6 is 0 Å². The van der Waals surface area contributed by atoms with Crippen molar-refractivity contribution >= 4 is 17.7 Å². The Balaban J connectivity index is 1.33. The van der Waals surface area contributed by atoms with Crippen molar-refractivity contribution in [1.82, 2.24) is 14.7 Å². The van der Waals surface area contributed by atoms with Gasteiger partial charge in [-0.25, -0.2) is 0 Å². The first-order valence-electron chi connectivity index (χ1n) is 13.5.